The molecule has 0 radical (unpaired) electrons. The van der Waals surface area contributed by atoms with E-state index in [1.54, 1.807) is 0 Å². The summed E-state index contributed by atoms with van der Waals surface area (Å²) in [4.78, 5) is 23.6. The van der Waals surface area contributed by atoms with Crippen LogP contribution in [-0.4, -0.2) is 35.0 Å². The topological polar surface area (TPSA) is 139 Å². The standard InChI is InChI=1S/C7H12N2O5/c1-3(8)6(12)9-4(7(13)14)2-5(10)11/h3-4H,2,8H2,1H3,(H,9,12)(H,10,11)(H,13,14)/p-2/t3?,4-/m0/s1. The Balaban J connectivity index is 4.60. The largest absolute Gasteiger partial charge is 0.861 e. The molecule has 80 valence electrons. The van der Waals surface area contributed by atoms with Crippen LogP contribution in [0.4, 0.5) is 0 Å². The molecule has 0 aliphatic rings. The molecule has 0 aromatic rings. The van der Waals surface area contributed by atoms with Crippen LogP contribution >= 0.6 is 0 Å². The number of carbonyl (C=O) groups excluding carboxylic acids is 1. The van der Waals surface area contributed by atoms with Crippen LogP contribution in [0.1, 0.15) is 13.3 Å². The second kappa shape index (κ2) is 5.18. The van der Waals surface area contributed by atoms with Crippen LogP contribution < -0.4 is 15.9 Å². The minimum atomic E-state index is -1.63. The summed E-state index contributed by atoms with van der Waals surface area (Å²) in [6.07, 6.45) is -0.839. The Bertz CT molecular complexity index is 261. The van der Waals surface area contributed by atoms with Gasteiger partial charge in [0, 0.05) is 18.4 Å². The highest BCUT2D eigenvalue weighted by molar-refractivity contribution is 5.84. The number of nitrogens with zero attached hydrogens (tertiary/aromatic N) is 1. The first-order valence-electron chi connectivity index (χ1n) is 3.77. The van der Waals surface area contributed by atoms with E-state index in [-0.39, 0.29) is 0 Å². The molecule has 1 unspecified atom stereocenters. The van der Waals surface area contributed by atoms with Crippen LogP contribution in [0.15, 0.2) is 4.99 Å². The predicted octanol–water partition coefficient (Wildman–Crippen LogP) is -3.31. The second-order valence-electron chi connectivity index (χ2n) is 2.69. The minimum Gasteiger partial charge on any atom is -0.861 e. The first-order valence-corrected chi connectivity index (χ1v) is 3.77. The summed E-state index contributed by atoms with van der Waals surface area (Å²) in [5, 5.41) is 29.4. The third-order valence-electron chi connectivity index (χ3n) is 1.32. The average molecular weight is 202 g/mol. The lowest BCUT2D eigenvalue weighted by Gasteiger charge is -2.17. The Morgan fingerprint density at radius 3 is 2.29 bits per heavy atom. The lowest BCUT2D eigenvalue weighted by molar-refractivity contribution is -0.306. The van der Waals surface area contributed by atoms with Gasteiger partial charge < -0.3 is 25.8 Å². The Morgan fingerprint density at radius 1 is 1.50 bits per heavy atom. The highest BCUT2D eigenvalue weighted by atomic mass is 16.4. The number of hydrogen-bond acceptors (Lipinski definition) is 6. The van der Waals surface area contributed by atoms with E-state index in [1.807, 2.05) is 0 Å². The number of aliphatic imine (C=N–C) groups is 1. The fourth-order valence-corrected chi connectivity index (χ4v) is 0.617. The van der Waals surface area contributed by atoms with E-state index in [0.29, 0.717) is 0 Å². The summed E-state index contributed by atoms with van der Waals surface area (Å²) in [5.74, 6) is -3.93. The average Bonchev–Trinajstić information content (AvgIpc) is 2.01. The van der Waals surface area contributed by atoms with Gasteiger partial charge in [-0.2, -0.15) is 0 Å². The lowest BCUT2D eigenvalue weighted by Crippen LogP contribution is -2.40. The Kier molecular flexibility index (Phi) is 4.57. The maximum atomic E-state index is 10.9. The van der Waals surface area contributed by atoms with Crippen LogP contribution in [0.2, 0.25) is 0 Å². The van der Waals surface area contributed by atoms with Crippen molar-refractivity contribution in [3.63, 3.8) is 0 Å². The van der Waals surface area contributed by atoms with Crippen molar-refractivity contribution in [3.05, 3.63) is 0 Å². The monoisotopic (exact) mass is 202 g/mol. The molecule has 0 spiro atoms. The maximum Gasteiger partial charge on any atom is 0.328 e. The summed E-state index contributed by atoms with van der Waals surface area (Å²) < 4.78 is 0. The molecule has 2 atom stereocenters. The molecule has 7 heteroatoms. The molecule has 0 fully saturated rings. The summed E-state index contributed by atoms with van der Waals surface area (Å²) in [7, 11) is 0. The van der Waals surface area contributed by atoms with Gasteiger partial charge in [-0.15, -0.1) is 0 Å². The van der Waals surface area contributed by atoms with Gasteiger partial charge in [-0.1, -0.05) is 0 Å². The zero-order valence-corrected chi connectivity index (χ0v) is 7.47. The van der Waals surface area contributed by atoms with Gasteiger partial charge in [0.15, 0.2) is 6.04 Å². The van der Waals surface area contributed by atoms with Crippen molar-refractivity contribution in [2.24, 2.45) is 10.7 Å². The van der Waals surface area contributed by atoms with Gasteiger partial charge in [-0.05, 0) is 12.8 Å². The van der Waals surface area contributed by atoms with Gasteiger partial charge in [0.2, 0.25) is 0 Å². The number of nitrogens with two attached hydrogens (primary N) is 1. The molecule has 0 heterocycles. The summed E-state index contributed by atoms with van der Waals surface area (Å²) in [6, 6.07) is -2.57. The van der Waals surface area contributed by atoms with Crippen molar-refractivity contribution in [3.8, 4) is 0 Å². The Labute approximate surface area is 79.9 Å². The predicted molar refractivity (Wildman–Crippen MR) is 42.1 cm³/mol. The fourth-order valence-electron chi connectivity index (χ4n) is 0.617. The fraction of sp³-hybridized carbons (Fsp3) is 0.571. The lowest BCUT2D eigenvalue weighted by atomic mass is 10.2. The van der Waals surface area contributed by atoms with Gasteiger partial charge in [-0.25, -0.2) is 4.79 Å². The number of aliphatic carboxylic acids is 2. The number of rotatable bonds is 5. The number of carboxylic acids is 2. The maximum absolute atomic E-state index is 10.9. The molecule has 0 saturated carbocycles. The summed E-state index contributed by atoms with van der Waals surface area (Å²) >= 11 is 0. The Morgan fingerprint density at radius 2 is 2.00 bits per heavy atom. The molecule has 0 bridgehead atoms. The number of hydrogen-bond donors (Lipinski definition) is 2. The second-order valence-corrected chi connectivity index (χ2v) is 2.69. The van der Waals surface area contributed by atoms with Gasteiger partial charge in [0.05, 0.1) is 0 Å². The van der Waals surface area contributed by atoms with Gasteiger partial charge in [0.1, 0.15) is 0 Å². The number of carboxylic acid groups (broad SMARTS) is 2. The molecule has 0 saturated heterocycles. The first-order chi connectivity index (χ1) is 6.34. The highest BCUT2D eigenvalue weighted by Gasteiger charge is 2.15. The van der Waals surface area contributed by atoms with Gasteiger partial charge in [-0.3, -0.25) is 4.99 Å². The molecule has 14 heavy (non-hydrogen) atoms. The van der Waals surface area contributed by atoms with Crippen LogP contribution in [0, 0.1) is 0 Å². The van der Waals surface area contributed by atoms with E-state index in [4.69, 9.17) is 10.8 Å². The van der Waals surface area contributed by atoms with Crippen molar-refractivity contribution in [1.29, 1.82) is 0 Å². The van der Waals surface area contributed by atoms with Crippen LogP contribution in [0.25, 0.3) is 0 Å². The minimum absolute atomic E-state index is 0.839. The van der Waals surface area contributed by atoms with Crippen molar-refractivity contribution in [1.82, 2.24) is 0 Å². The zero-order valence-electron chi connectivity index (χ0n) is 7.47. The smallest absolute Gasteiger partial charge is 0.328 e. The molecule has 0 aliphatic heterocycles. The molecular formula is C7H10N2O5-2. The van der Waals surface area contributed by atoms with E-state index in [0.717, 1.165) is 0 Å². The molecule has 7 nitrogen and oxygen atoms in total. The van der Waals surface area contributed by atoms with Crippen LogP contribution in [0.3, 0.4) is 0 Å². The molecule has 0 aromatic heterocycles. The zero-order chi connectivity index (χ0) is 11.3. The van der Waals surface area contributed by atoms with Crippen molar-refractivity contribution >= 4 is 17.8 Å². The van der Waals surface area contributed by atoms with Crippen molar-refractivity contribution < 1.29 is 24.9 Å². The van der Waals surface area contributed by atoms with Crippen molar-refractivity contribution in [2.75, 3.05) is 0 Å². The normalized spacial score (nSPS) is 16.0. The molecule has 3 N–H and O–H groups in total. The van der Waals surface area contributed by atoms with E-state index in [1.165, 1.54) is 6.92 Å². The number of carbonyl (C=O) groups is 2. The summed E-state index contributed by atoms with van der Waals surface area (Å²) in [5.41, 5.74) is 5.12. The third-order valence-corrected chi connectivity index (χ3v) is 1.32. The van der Waals surface area contributed by atoms with Crippen LogP contribution in [-0.2, 0) is 9.59 Å². The van der Waals surface area contributed by atoms with E-state index >= 15 is 0 Å². The SMILES string of the molecule is CC(N)C([O-])=N[C@@H](CC(=O)[O-])C(=O)O. The van der Waals surface area contributed by atoms with E-state index in [2.05, 4.69) is 4.99 Å². The molecule has 0 aliphatic carbocycles. The Hall–Kier alpha value is -1.63. The molecule has 0 amide bonds. The molecular weight excluding hydrogens is 192 g/mol. The van der Waals surface area contributed by atoms with Gasteiger partial charge >= 0.3 is 5.97 Å². The van der Waals surface area contributed by atoms with E-state index < -0.39 is 36.3 Å². The summed E-state index contributed by atoms with van der Waals surface area (Å²) in [6.45, 7) is 1.32. The van der Waals surface area contributed by atoms with E-state index in [9.17, 15) is 19.8 Å². The molecule has 0 aromatic carbocycles. The van der Waals surface area contributed by atoms with Crippen molar-refractivity contribution in [2.45, 2.75) is 25.4 Å². The van der Waals surface area contributed by atoms with Gasteiger partial charge in [0.25, 0.3) is 0 Å². The first kappa shape index (κ1) is 12.4. The highest BCUT2D eigenvalue weighted by Crippen LogP contribution is 1.98. The van der Waals surface area contributed by atoms with Crippen LogP contribution in [0.5, 0.6) is 0 Å². The quantitative estimate of drug-likeness (QED) is 0.353. The third kappa shape index (κ3) is 4.41. The molecule has 0 rings (SSSR count).